The molecule has 0 spiro atoms. The van der Waals surface area contributed by atoms with Gasteiger partial charge in [-0.15, -0.1) is 10.2 Å². The molecule has 0 unspecified atom stereocenters. The summed E-state index contributed by atoms with van der Waals surface area (Å²) in [6.45, 7) is 4.30. The van der Waals surface area contributed by atoms with Crippen LogP contribution in [0.3, 0.4) is 0 Å². The highest BCUT2D eigenvalue weighted by Gasteiger charge is 2.15. The van der Waals surface area contributed by atoms with E-state index in [-0.39, 0.29) is 0 Å². The van der Waals surface area contributed by atoms with Gasteiger partial charge in [0.2, 0.25) is 0 Å². The molecule has 5 nitrogen and oxygen atoms in total. The Morgan fingerprint density at radius 3 is 2.65 bits per heavy atom. The van der Waals surface area contributed by atoms with Crippen LogP contribution in [-0.4, -0.2) is 30.2 Å². The van der Waals surface area contributed by atoms with Gasteiger partial charge < -0.3 is 13.9 Å². The first-order valence-corrected chi connectivity index (χ1v) is 7.31. The molecule has 1 aromatic carbocycles. The number of hydrogen-bond acceptors (Lipinski definition) is 6. The highest BCUT2D eigenvalue weighted by molar-refractivity contribution is 7.99. The van der Waals surface area contributed by atoms with E-state index in [0.29, 0.717) is 22.8 Å². The average Bonchev–Trinajstić information content (AvgIpc) is 2.93. The molecule has 0 amide bonds. The first-order valence-electron chi connectivity index (χ1n) is 6.32. The molecular formula is C14H18N2O3S. The summed E-state index contributed by atoms with van der Waals surface area (Å²) >= 11 is 1.56. The molecule has 0 aliphatic carbocycles. The van der Waals surface area contributed by atoms with Crippen LogP contribution in [0, 0.1) is 5.92 Å². The van der Waals surface area contributed by atoms with Crippen molar-refractivity contribution < 1.29 is 13.9 Å². The Labute approximate surface area is 122 Å². The Bertz CT molecular complexity index is 569. The van der Waals surface area contributed by atoms with Gasteiger partial charge in [0.25, 0.3) is 11.1 Å². The molecular weight excluding hydrogens is 276 g/mol. The minimum atomic E-state index is 0.437. The fraction of sp³-hybridized carbons (Fsp3) is 0.429. The smallest absolute Gasteiger partial charge is 0.276 e. The van der Waals surface area contributed by atoms with Crippen molar-refractivity contribution in [2.24, 2.45) is 5.92 Å². The van der Waals surface area contributed by atoms with Crippen molar-refractivity contribution in [2.45, 2.75) is 19.1 Å². The first kappa shape index (κ1) is 14.7. The lowest BCUT2D eigenvalue weighted by Gasteiger charge is -2.07. The number of rotatable bonds is 6. The molecule has 20 heavy (non-hydrogen) atoms. The van der Waals surface area contributed by atoms with Gasteiger partial charge in [0, 0.05) is 5.75 Å². The molecule has 2 aromatic rings. The van der Waals surface area contributed by atoms with Crippen LogP contribution in [-0.2, 0) is 0 Å². The lowest BCUT2D eigenvalue weighted by molar-refractivity contribution is 0.401. The number of hydrogen-bond donors (Lipinski definition) is 0. The van der Waals surface area contributed by atoms with Crippen LogP contribution in [0.15, 0.2) is 27.8 Å². The topological polar surface area (TPSA) is 57.4 Å². The fourth-order valence-corrected chi connectivity index (χ4v) is 2.31. The van der Waals surface area contributed by atoms with E-state index in [1.807, 2.05) is 18.2 Å². The summed E-state index contributed by atoms with van der Waals surface area (Å²) in [7, 11) is 3.22. The molecule has 1 heterocycles. The van der Waals surface area contributed by atoms with E-state index >= 15 is 0 Å². The van der Waals surface area contributed by atoms with E-state index in [1.165, 1.54) is 0 Å². The molecule has 0 aliphatic heterocycles. The first-order chi connectivity index (χ1) is 9.63. The maximum atomic E-state index is 5.67. The van der Waals surface area contributed by atoms with E-state index in [4.69, 9.17) is 13.9 Å². The molecule has 6 heteroatoms. The van der Waals surface area contributed by atoms with Crippen LogP contribution in [0.2, 0.25) is 0 Å². The number of thioether (sulfide) groups is 1. The highest BCUT2D eigenvalue weighted by Crippen LogP contribution is 2.33. The molecule has 0 aliphatic rings. The largest absolute Gasteiger partial charge is 0.497 e. The monoisotopic (exact) mass is 294 g/mol. The number of nitrogens with zero attached hydrogens (tertiary/aromatic N) is 2. The third-order valence-electron chi connectivity index (χ3n) is 2.58. The molecule has 108 valence electrons. The molecule has 2 rings (SSSR count). The van der Waals surface area contributed by atoms with Crippen molar-refractivity contribution in [1.29, 1.82) is 0 Å². The molecule has 0 saturated heterocycles. The molecule has 0 atom stereocenters. The minimum Gasteiger partial charge on any atom is -0.497 e. The van der Waals surface area contributed by atoms with Gasteiger partial charge in [0.15, 0.2) is 0 Å². The minimum absolute atomic E-state index is 0.437. The van der Waals surface area contributed by atoms with Crippen LogP contribution in [0.1, 0.15) is 13.8 Å². The quantitative estimate of drug-likeness (QED) is 0.760. The summed E-state index contributed by atoms with van der Waals surface area (Å²) in [6, 6.07) is 5.47. The Hall–Kier alpha value is -1.69. The Morgan fingerprint density at radius 1 is 1.20 bits per heavy atom. The van der Waals surface area contributed by atoms with Crippen molar-refractivity contribution in [3.05, 3.63) is 18.2 Å². The standard InChI is InChI=1S/C14H18N2O3S/c1-9(2)8-20-14-16-15-13(19-14)11-7-10(17-3)5-6-12(11)18-4/h5-7,9H,8H2,1-4H3. The second-order valence-corrected chi connectivity index (χ2v) is 5.62. The Balaban J connectivity index is 2.26. The zero-order valence-electron chi connectivity index (χ0n) is 12.0. The zero-order chi connectivity index (χ0) is 14.5. The molecule has 0 bridgehead atoms. The van der Waals surface area contributed by atoms with Crippen LogP contribution < -0.4 is 9.47 Å². The lowest BCUT2D eigenvalue weighted by Crippen LogP contribution is -1.90. The molecule has 0 radical (unpaired) electrons. The van der Waals surface area contributed by atoms with Crippen molar-refractivity contribution >= 4 is 11.8 Å². The Morgan fingerprint density at radius 2 is 2.00 bits per heavy atom. The van der Waals surface area contributed by atoms with Crippen LogP contribution in [0.5, 0.6) is 11.5 Å². The van der Waals surface area contributed by atoms with Gasteiger partial charge >= 0.3 is 0 Å². The summed E-state index contributed by atoms with van der Waals surface area (Å²) < 4.78 is 16.2. The van der Waals surface area contributed by atoms with Crippen LogP contribution in [0.4, 0.5) is 0 Å². The predicted molar refractivity (Wildman–Crippen MR) is 78.4 cm³/mol. The molecule has 0 fully saturated rings. The van der Waals surface area contributed by atoms with Crippen molar-refractivity contribution in [2.75, 3.05) is 20.0 Å². The van der Waals surface area contributed by atoms with Gasteiger partial charge in [-0.25, -0.2) is 0 Å². The van der Waals surface area contributed by atoms with Gasteiger partial charge in [-0.3, -0.25) is 0 Å². The maximum absolute atomic E-state index is 5.67. The third-order valence-corrected chi connectivity index (χ3v) is 3.83. The summed E-state index contributed by atoms with van der Waals surface area (Å²) in [5.41, 5.74) is 0.732. The van der Waals surface area contributed by atoms with Gasteiger partial charge in [0.1, 0.15) is 11.5 Å². The number of aromatic nitrogens is 2. The average molecular weight is 294 g/mol. The SMILES string of the molecule is COc1ccc(OC)c(-c2nnc(SCC(C)C)o2)c1. The highest BCUT2D eigenvalue weighted by atomic mass is 32.2. The van der Waals surface area contributed by atoms with Crippen molar-refractivity contribution in [3.8, 4) is 23.0 Å². The number of ether oxygens (including phenoxy) is 2. The van der Waals surface area contributed by atoms with Crippen molar-refractivity contribution in [1.82, 2.24) is 10.2 Å². The predicted octanol–water partition coefficient (Wildman–Crippen LogP) is 3.50. The van der Waals surface area contributed by atoms with Gasteiger partial charge in [-0.2, -0.15) is 0 Å². The maximum Gasteiger partial charge on any atom is 0.276 e. The van der Waals surface area contributed by atoms with Crippen LogP contribution in [0.25, 0.3) is 11.5 Å². The zero-order valence-corrected chi connectivity index (χ0v) is 12.9. The normalized spacial score (nSPS) is 10.8. The van der Waals surface area contributed by atoms with E-state index in [2.05, 4.69) is 24.0 Å². The summed E-state index contributed by atoms with van der Waals surface area (Å²) in [5, 5.41) is 8.69. The third kappa shape index (κ3) is 3.45. The second-order valence-electron chi connectivity index (χ2n) is 4.64. The number of benzene rings is 1. The molecule has 0 N–H and O–H groups in total. The molecule has 1 aromatic heterocycles. The number of methoxy groups -OCH3 is 2. The Kier molecular flexibility index (Phi) is 4.89. The lowest BCUT2D eigenvalue weighted by atomic mass is 10.2. The molecule has 0 saturated carbocycles. The van der Waals surface area contributed by atoms with E-state index in [9.17, 15) is 0 Å². The summed E-state index contributed by atoms with van der Waals surface area (Å²) in [4.78, 5) is 0. The van der Waals surface area contributed by atoms with Gasteiger partial charge in [-0.05, 0) is 24.1 Å². The van der Waals surface area contributed by atoms with Gasteiger partial charge in [0.05, 0.1) is 19.8 Å². The van der Waals surface area contributed by atoms with E-state index < -0.39 is 0 Å². The van der Waals surface area contributed by atoms with Crippen LogP contribution >= 0.6 is 11.8 Å². The van der Waals surface area contributed by atoms with Crippen molar-refractivity contribution in [3.63, 3.8) is 0 Å². The van der Waals surface area contributed by atoms with E-state index in [0.717, 1.165) is 17.1 Å². The summed E-state index contributed by atoms with van der Waals surface area (Å²) in [5.74, 6) is 3.34. The second kappa shape index (κ2) is 6.65. The summed E-state index contributed by atoms with van der Waals surface area (Å²) in [6.07, 6.45) is 0. The van der Waals surface area contributed by atoms with Gasteiger partial charge in [-0.1, -0.05) is 25.6 Å². The fourth-order valence-electron chi connectivity index (χ4n) is 1.60. The van der Waals surface area contributed by atoms with E-state index in [1.54, 1.807) is 26.0 Å².